The molecule has 0 unspecified atom stereocenters. The molecule has 0 aromatic carbocycles. The fraction of sp³-hybridized carbons (Fsp3) is 0.375. The summed E-state index contributed by atoms with van der Waals surface area (Å²) in [7, 11) is 0. The van der Waals surface area contributed by atoms with Crippen LogP contribution in [-0.2, 0) is 13.2 Å². The molecule has 1 rings (SSSR count). The van der Waals surface area contributed by atoms with Crippen LogP contribution in [0.15, 0.2) is 6.07 Å². The van der Waals surface area contributed by atoms with Gasteiger partial charge in [0.25, 0.3) is 6.43 Å². The van der Waals surface area contributed by atoms with Crippen LogP contribution in [0.5, 0.6) is 0 Å². The predicted molar refractivity (Wildman–Crippen MR) is 47.4 cm³/mol. The Morgan fingerprint density at radius 1 is 1.50 bits per heavy atom. The lowest BCUT2D eigenvalue weighted by Crippen LogP contribution is -2.09. The maximum atomic E-state index is 12.4. The Kier molecular flexibility index (Phi) is 3.32. The Morgan fingerprint density at radius 2 is 2.14 bits per heavy atom. The van der Waals surface area contributed by atoms with Gasteiger partial charge in [0.2, 0.25) is 0 Å². The second-order valence-electron chi connectivity index (χ2n) is 2.73. The Hall–Kier alpha value is -1.27. The zero-order valence-electron chi connectivity index (χ0n) is 7.37. The van der Waals surface area contributed by atoms with Crippen LogP contribution < -0.4 is 11.5 Å². The van der Waals surface area contributed by atoms with Gasteiger partial charge >= 0.3 is 0 Å². The first-order chi connectivity index (χ1) is 6.60. The van der Waals surface area contributed by atoms with Crippen molar-refractivity contribution in [2.75, 3.05) is 5.73 Å². The number of halogens is 2. The van der Waals surface area contributed by atoms with Gasteiger partial charge in [-0.05, 0) is 6.07 Å². The Morgan fingerprint density at radius 3 is 2.57 bits per heavy atom. The Balaban J connectivity index is 3.28. The molecule has 5 N–H and O–H groups in total. The van der Waals surface area contributed by atoms with E-state index in [-0.39, 0.29) is 23.5 Å². The Labute approximate surface area is 79.6 Å². The smallest absolute Gasteiger partial charge is 0.280 e. The molecule has 1 heterocycles. The lowest BCUT2D eigenvalue weighted by atomic mass is 10.1. The average Bonchev–Trinajstić information content (AvgIpc) is 2.16. The van der Waals surface area contributed by atoms with Gasteiger partial charge < -0.3 is 16.6 Å². The molecule has 0 spiro atoms. The van der Waals surface area contributed by atoms with E-state index in [4.69, 9.17) is 16.6 Å². The summed E-state index contributed by atoms with van der Waals surface area (Å²) in [5.74, 6) is 0. The first-order valence-corrected chi connectivity index (χ1v) is 3.97. The zero-order chi connectivity index (χ0) is 10.7. The van der Waals surface area contributed by atoms with Crippen molar-refractivity contribution in [3.05, 3.63) is 23.0 Å². The number of aliphatic hydroxyl groups is 1. The van der Waals surface area contributed by atoms with E-state index in [1.165, 1.54) is 6.07 Å². The molecule has 14 heavy (non-hydrogen) atoms. The lowest BCUT2D eigenvalue weighted by molar-refractivity contribution is 0.141. The van der Waals surface area contributed by atoms with Gasteiger partial charge in [-0.1, -0.05) is 0 Å². The van der Waals surface area contributed by atoms with Gasteiger partial charge in [0, 0.05) is 17.8 Å². The molecule has 0 aliphatic heterocycles. The molecule has 0 bridgehead atoms. The maximum absolute atomic E-state index is 12.4. The maximum Gasteiger partial charge on any atom is 0.280 e. The van der Waals surface area contributed by atoms with E-state index in [9.17, 15) is 8.78 Å². The molecule has 0 saturated heterocycles. The van der Waals surface area contributed by atoms with Crippen LogP contribution >= 0.6 is 0 Å². The minimum atomic E-state index is -2.76. The summed E-state index contributed by atoms with van der Waals surface area (Å²) in [4.78, 5) is 3.61. The molecular weight excluding hydrogens is 192 g/mol. The number of aromatic nitrogens is 1. The lowest BCUT2D eigenvalue weighted by Gasteiger charge is -2.10. The largest absolute Gasteiger partial charge is 0.398 e. The van der Waals surface area contributed by atoms with Crippen molar-refractivity contribution in [3.63, 3.8) is 0 Å². The number of aliphatic hydroxyl groups excluding tert-OH is 1. The summed E-state index contributed by atoms with van der Waals surface area (Å²) in [6.07, 6.45) is -2.76. The SMILES string of the molecule is NCc1cc(N)c(CO)c(C(F)F)n1. The molecule has 0 saturated carbocycles. The number of pyridine rings is 1. The Bertz CT molecular complexity index is 331. The standard InChI is InChI=1S/C8H11F2N3O/c9-8(10)7-5(3-14)6(12)1-4(2-11)13-7/h1,8,14H,2-3,11H2,(H2,12,13). The number of nitrogens with zero attached hydrogens (tertiary/aromatic N) is 1. The second kappa shape index (κ2) is 4.30. The van der Waals surface area contributed by atoms with Crippen LogP contribution in [0.2, 0.25) is 0 Å². The van der Waals surface area contributed by atoms with Gasteiger partial charge in [0.15, 0.2) is 0 Å². The summed E-state index contributed by atoms with van der Waals surface area (Å²) in [6.45, 7) is -0.515. The van der Waals surface area contributed by atoms with E-state index < -0.39 is 18.7 Å². The third-order valence-electron chi connectivity index (χ3n) is 1.82. The molecular formula is C8H11F2N3O. The molecule has 0 aliphatic carbocycles. The number of hydrogen-bond acceptors (Lipinski definition) is 4. The minimum absolute atomic E-state index is 0.0304. The van der Waals surface area contributed by atoms with Gasteiger partial charge in [-0.3, -0.25) is 0 Å². The van der Waals surface area contributed by atoms with Crippen LogP contribution in [-0.4, -0.2) is 10.1 Å². The highest BCUT2D eigenvalue weighted by atomic mass is 19.3. The molecule has 0 fully saturated rings. The quantitative estimate of drug-likeness (QED) is 0.669. The van der Waals surface area contributed by atoms with Crippen molar-refractivity contribution < 1.29 is 13.9 Å². The fourth-order valence-corrected chi connectivity index (χ4v) is 1.13. The number of hydrogen-bond donors (Lipinski definition) is 3. The highest BCUT2D eigenvalue weighted by Gasteiger charge is 2.17. The zero-order valence-corrected chi connectivity index (χ0v) is 7.37. The normalized spacial score (nSPS) is 10.9. The molecule has 6 heteroatoms. The van der Waals surface area contributed by atoms with E-state index in [1.54, 1.807) is 0 Å². The van der Waals surface area contributed by atoms with E-state index >= 15 is 0 Å². The number of rotatable bonds is 3. The average molecular weight is 203 g/mol. The monoisotopic (exact) mass is 203 g/mol. The fourth-order valence-electron chi connectivity index (χ4n) is 1.13. The summed E-state index contributed by atoms with van der Waals surface area (Å²) in [5, 5.41) is 8.83. The van der Waals surface area contributed by atoms with Crippen LogP contribution in [0, 0.1) is 0 Å². The second-order valence-corrected chi connectivity index (χ2v) is 2.73. The number of anilines is 1. The summed E-state index contributed by atoms with van der Waals surface area (Å²) >= 11 is 0. The highest BCUT2D eigenvalue weighted by molar-refractivity contribution is 5.50. The summed E-state index contributed by atoms with van der Waals surface area (Å²) in [6, 6.07) is 1.39. The van der Waals surface area contributed by atoms with Crippen molar-refractivity contribution in [1.82, 2.24) is 4.98 Å². The molecule has 4 nitrogen and oxygen atoms in total. The topological polar surface area (TPSA) is 85.2 Å². The van der Waals surface area contributed by atoms with Gasteiger partial charge in [0.1, 0.15) is 5.69 Å². The summed E-state index contributed by atoms with van der Waals surface area (Å²) < 4.78 is 24.9. The third-order valence-corrected chi connectivity index (χ3v) is 1.82. The molecule has 1 aromatic heterocycles. The van der Waals surface area contributed by atoms with Gasteiger partial charge in [-0.25, -0.2) is 13.8 Å². The van der Waals surface area contributed by atoms with Crippen molar-refractivity contribution in [2.45, 2.75) is 19.6 Å². The van der Waals surface area contributed by atoms with Crippen LogP contribution in [0.1, 0.15) is 23.4 Å². The van der Waals surface area contributed by atoms with Crippen molar-refractivity contribution in [3.8, 4) is 0 Å². The van der Waals surface area contributed by atoms with Crippen molar-refractivity contribution >= 4 is 5.69 Å². The molecule has 0 aliphatic rings. The van der Waals surface area contributed by atoms with Crippen LogP contribution in [0.3, 0.4) is 0 Å². The number of nitrogen functional groups attached to an aromatic ring is 1. The molecule has 0 amide bonds. The third kappa shape index (κ3) is 1.97. The van der Waals surface area contributed by atoms with Gasteiger partial charge in [-0.2, -0.15) is 0 Å². The number of alkyl halides is 2. The van der Waals surface area contributed by atoms with Crippen molar-refractivity contribution in [1.29, 1.82) is 0 Å². The van der Waals surface area contributed by atoms with E-state index in [0.717, 1.165) is 0 Å². The van der Waals surface area contributed by atoms with E-state index in [2.05, 4.69) is 4.98 Å². The van der Waals surface area contributed by atoms with Crippen LogP contribution in [0.25, 0.3) is 0 Å². The van der Waals surface area contributed by atoms with Crippen LogP contribution in [0.4, 0.5) is 14.5 Å². The molecule has 0 radical (unpaired) electrons. The predicted octanol–water partition coefficient (Wildman–Crippen LogP) is 0.552. The summed E-state index contributed by atoms with van der Waals surface area (Å²) in [5.41, 5.74) is 10.6. The highest BCUT2D eigenvalue weighted by Crippen LogP contribution is 2.25. The minimum Gasteiger partial charge on any atom is -0.398 e. The number of nitrogens with two attached hydrogens (primary N) is 2. The van der Waals surface area contributed by atoms with E-state index in [1.807, 2.05) is 0 Å². The van der Waals surface area contributed by atoms with Gasteiger partial charge in [-0.15, -0.1) is 0 Å². The van der Waals surface area contributed by atoms with Crippen molar-refractivity contribution in [2.24, 2.45) is 5.73 Å². The first-order valence-electron chi connectivity index (χ1n) is 3.97. The van der Waals surface area contributed by atoms with E-state index in [0.29, 0.717) is 0 Å². The van der Waals surface area contributed by atoms with Gasteiger partial charge in [0.05, 0.1) is 12.3 Å². The molecule has 78 valence electrons. The molecule has 1 aromatic rings. The molecule has 0 atom stereocenters. The first kappa shape index (κ1) is 10.8.